The largest absolute Gasteiger partial charge is 0.395 e. The van der Waals surface area contributed by atoms with Gasteiger partial charge in [-0.1, -0.05) is 19.1 Å². The molecule has 0 fully saturated rings. The van der Waals surface area contributed by atoms with E-state index in [0.29, 0.717) is 17.8 Å². The number of carbonyl (C=O) groups excluding carboxylic acids is 1. The van der Waals surface area contributed by atoms with E-state index in [2.05, 4.69) is 15.5 Å². The van der Waals surface area contributed by atoms with Gasteiger partial charge in [0.15, 0.2) is 5.69 Å². The summed E-state index contributed by atoms with van der Waals surface area (Å²) in [7, 11) is 0. The average Bonchev–Trinajstić information content (AvgIpc) is 2.80. The first-order valence-electron chi connectivity index (χ1n) is 5.99. The van der Waals surface area contributed by atoms with E-state index in [1.54, 1.807) is 24.3 Å². The summed E-state index contributed by atoms with van der Waals surface area (Å²) in [6.07, 6.45) is 0.692. The third-order valence-electron chi connectivity index (χ3n) is 2.85. The second kappa shape index (κ2) is 5.53. The molecule has 1 aromatic heterocycles. The normalized spacial score (nSPS) is 10.4. The van der Waals surface area contributed by atoms with Crippen LogP contribution in [-0.4, -0.2) is 21.2 Å². The lowest BCUT2D eigenvalue weighted by Crippen LogP contribution is -2.14. The average molecular weight is 260 g/mol. The molecule has 0 aliphatic carbocycles. The van der Waals surface area contributed by atoms with Crippen LogP contribution in [0.5, 0.6) is 0 Å². The first-order chi connectivity index (χ1) is 9.15. The summed E-state index contributed by atoms with van der Waals surface area (Å²) in [4.78, 5) is 12.0. The molecule has 0 aliphatic heterocycles. The number of nitrogens with zero attached hydrogens (tertiary/aromatic N) is 1. The molecule has 1 aromatic carbocycles. The van der Waals surface area contributed by atoms with Gasteiger partial charge < -0.3 is 16.2 Å². The van der Waals surface area contributed by atoms with Gasteiger partial charge in [0, 0.05) is 5.69 Å². The van der Waals surface area contributed by atoms with Crippen LogP contribution in [-0.2, 0) is 13.0 Å². The summed E-state index contributed by atoms with van der Waals surface area (Å²) in [5, 5.41) is 18.3. The highest BCUT2D eigenvalue weighted by Crippen LogP contribution is 2.17. The Bertz CT molecular complexity index is 575. The lowest BCUT2D eigenvalue weighted by molar-refractivity contribution is 0.102. The molecule has 100 valence electrons. The van der Waals surface area contributed by atoms with Gasteiger partial charge in [0.1, 0.15) is 0 Å². The summed E-state index contributed by atoms with van der Waals surface area (Å²) < 4.78 is 0. The fourth-order valence-corrected chi connectivity index (χ4v) is 1.71. The van der Waals surface area contributed by atoms with E-state index in [-0.39, 0.29) is 18.2 Å². The number of H-pyrrole nitrogens is 1. The van der Waals surface area contributed by atoms with Crippen LogP contribution < -0.4 is 11.1 Å². The number of aromatic nitrogens is 2. The topological polar surface area (TPSA) is 104 Å². The number of amides is 1. The number of nitrogens with one attached hydrogen (secondary N) is 2. The van der Waals surface area contributed by atoms with Crippen LogP contribution in [0.3, 0.4) is 0 Å². The van der Waals surface area contributed by atoms with Crippen LogP contribution >= 0.6 is 0 Å². The highest BCUT2D eigenvalue weighted by atomic mass is 16.3. The lowest BCUT2D eigenvalue weighted by atomic mass is 10.2. The highest BCUT2D eigenvalue weighted by Gasteiger charge is 2.16. The number of anilines is 2. The number of nitrogen functional groups attached to an aromatic ring is 1. The molecule has 0 atom stereocenters. The quantitative estimate of drug-likeness (QED) is 0.665. The Balaban J connectivity index is 2.13. The van der Waals surface area contributed by atoms with Gasteiger partial charge in [-0.2, -0.15) is 5.10 Å². The molecule has 0 saturated carbocycles. The summed E-state index contributed by atoms with van der Waals surface area (Å²) >= 11 is 0. The molecular formula is C13H16N4O2. The van der Waals surface area contributed by atoms with Crippen molar-refractivity contribution < 1.29 is 9.90 Å². The Morgan fingerprint density at radius 3 is 2.63 bits per heavy atom. The maximum absolute atomic E-state index is 12.0. The zero-order valence-corrected chi connectivity index (χ0v) is 10.6. The van der Waals surface area contributed by atoms with Crippen molar-refractivity contribution in [2.24, 2.45) is 0 Å². The van der Waals surface area contributed by atoms with E-state index >= 15 is 0 Å². The van der Waals surface area contributed by atoms with Crippen LogP contribution in [0, 0.1) is 0 Å². The maximum atomic E-state index is 12.0. The summed E-state index contributed by atoms with van der Waals surface area (Å²) in [6.45, 7) is 1.90. The molecule has 1 heterocycles. The molecule has 19 heavy (non-hydrogen) atoms. The van der Waals surface area contributed by atoms with Crippen LogP contribution in [0.1, 0.15) is 28.7 Å². The molecule has 0 radical (unpaired) electrons. The number of aryl methyl sites for hydroxylation is 1. The van der Waals surface area contributed by atoms with E-state index < -0.39 is 0 Å². The standard InChI is InChI=1S/C13H16N4O2/c1-2-10-11(14)12(17-16-10)13(19)15-9-5-3-8(7-18)4-6-9/h3-6,18H,2,7,14H2,1H3,(H,15,19)(H,16,17). The van der Waals surface area contributed by atoms with E-state index in [9.17, 15) is 4.79 Å². The summed E-state index contributed by atoms with van der Waals surface area (Å²) in [5.74, 6) is -0.356. The summed E-state index contributed by atoms with van der Waals surface area (Å²) in [5.41, 5.74) is 8.57. The molecule has 2 aromatic rings. The van der Waals surface area contributed by atoms with E-state index in [0.717, 1.165) is 11.3 Å². The zero-order chi connectivity index (χ0) is 13.8. The molecule has 0 unspecified atom stereocenters. The van der Waals surface area contributed by atoms with Gasteiger partial charge in [-0.25, -0.2) is 0 Å². The van der Waals surface area contributed by atoms with Crippen LogP contribution in [0.2, 0.25) is 0 Å². The minimum absolute atomic E-state index is 0.0274. The minimum atomic E-state index is -0.356. The number of hydrogen-bond donors (Lipinski definition) is 4. The van der Waals surface area contributed by atoms with Crippen molar-refractivity contribution in [2.75, 3.05) is 11.1 Å². The van der Waals surface area contributed by atoms with Gasteiger partial charge in [0.05, 0.1) is 18.0 Å². The Morgan fingerprint density at radius 2 is 2.11 bits per heavy atom. The van der Waals surface area contributed by atoms with Crippen molar-refractivity contribution in [3.8, 4) is 0 Å². The summed E-state index contributed by atoms with van der Waals surface area (Å²) in [6, 6.07) is 6.90. The predicted molar refractivity (Wildman–Crippen MR) is 72.7 cm³/mol. The predicted octanol–water partition coefficient (Wildman–Crippen LogP) is 1.30. The molecular weight excluding hydrogens is 244 g/mol. The van der Waals surface area contributed by atoms with Crippen LogP contribution in [0.4, 0.5) is 11.4 Å². The third kappa shape index (κ3) is 2.74. The fourth-order valence-electron chi connectivity index (χ4n) is 1.71. The Morgan fingerprint density at radius 1 is 1.42 bits per heavy atom. The van der Waals surface area contributed by atoms with Crippen molar-refractivity contribution in [3.63, 3.8) is 0 Å². The number of carbonyl (C=O) groups is 1. The van der Waals surface area contributed by atoms with Gasteiger partial charge in [0.25, 0.3) is 5.91 Å². The molecule has 6 nitrogen and oxygen atoms in total. The lowest BCUT2D eigenvalue weighted by Gasteiger charge is -2.04. The maximum Gasteiger partial charge on any atom is 0.278 e. The monoisotopic (exact) mass is 260 g/mol. The van der Waals surface area contributed by atoms with Crippen molar-refractivity contribution in [3.05, 3.63) is 41.2 Å². The number of hydrogen-bond acceptors (Lipinski definition) is 4. The first-order valence-corrected chi connectivity index (χ1v) is 5.99. The molecule has 1 amide bonds. The van der Waals surface area contributed by atoms with E-state index in [1.165, 1.54) is 0 Å². The van der Waals surface area contributed by atoms with Crippen molar-refractivity contribution in [1.29, 1.82) is 0 Å². The second-order valence-corrected chi connectivity index (χ2v) is 4.13. The second-order valence-electron chi connectivity index (χ2n) is 4.13. The first kappa shape index (κ1) is 13.1. The molecule has 0 saturated heterocycles. The molecule has 0 aliphatic rings. The number of aliphatic hydroxyl groups excluding tert-OH is 1. The minimum Gasteiger partial charge on any atom is -0.395 e. The third-order valence-corrected chi connectivity index (χ3v) is 2.85. The van der Waals surface area contributed by atoms with Gasteiger partial charge >= 0.3 is 0 Å². The van der Waals surface area contributed by atoms with Crippen LogP contribution in [0.15, 0.2) is 24.3 Å². The zero-order valence-electron chi connectivity index (χ0n) is 10.6. The Kier molecular flexibility index (Phi) is 3.82. The van der Waals surface area contributed by atoms with Gasteiger partial charge in [-0.3, -0.25) is 9.89 Å². The number of rotatable bonds is 4. The van der Waals surface area contributed by atoms with Gasteiger partial charge in [-0.05, 0) is 24.1 Å². The van der Waals surface area contributed by atoms with Gasteiger partial charge in [0.2, 0.25) is 0 Å². The smallest absolute Gasteiger partial charge is 0.278 e. The molecule has 6 heteroatoms. The van der Waals surface area contributed by atoms with Crippen LogP contribution in [0.25, 0.3) is 0 Å². The molecule has 0 bridgehead atoms. The number of benzene rings is 1. The molecule has 0 spiro atoms. The van der Waals surface area contributed by atoms with Crippen molar-refractivity contribution in [1.82, 2.24) is 10.2 Å². The van der Waals surface area contributed by atoms with Crippen molar-refractivity contribution in [2.45, 2.75) is 20.0 Å². The van der Waals surface area contributed by atoms with Gasteiger partial charge in [-0.15, -0.1) is 0 Å². The number of aromatic amines is 1. The van der Waals surface area contributed by atoms with E-state index in [1.807, 2.05) is 6.92 Å². The van der Waals surface area contributed by atoms with Crippen molar-refractivity contribution >= 4 is 17.3 Å². The van der Waals surface area contributed by atoms with E-state index in [4.69, 9.17) is 10.8 Å². The molecule has 5 N–H and O–H groups in total. The Hall–Kier alpha value is -2.34. The number of aliphatic hydroxyl groups is 1. The Labute approximate surface area is 110 Å². The molecule has 2 rings (SSSR count). The number of nitrogens with two attached hydrogens (primary N) is 1. The highest BCUT2D eigenvalue weighted by molar-refractivity contribution is 6.06. The SMILES string of the molecule is CCc1[nH]nc(C(=O)Nc2ccc(CO)cc2)c1N. The fraction of sp³-hybridized carbons (Fsp3) is 0.231.